The summed E-state index contributed by atoms with van der Waals surface area (Å²) < 4.78 is 11.6. The number of hydrogen-bond donors (Lipinski definition) is 2. The van der Waals surface area contributed by atoms with Crippen LogP contribution in [-0.2, 0) is 4.79 Å². The van der Waals surface area contributed by atoms with E-state index in [1.54, 1.807) is 0 Å². The molecule has 0 bridgehead atoms. The molecule has 28 heavy (non-hydrogen) atoms. The van der Waals surface area contributed by atoms with Gasteiger partial charge in [-0.2, -0.15) is 0 Å². The normalized spacial score (nSPS) is 11.5. The van der Waals surface area contributed by atoms with Crippen molar-refractivity contribution in [3.8, 4) is 17.2 Å². The molecule has 3 aromatic rings. The fourth-order valence-corrected chi connectivity index (χ4v) is 2.69. The molecule has 0 aliphatic rings. The molecule has 0 aromatic heterocycles. The van der Waals surface area contributed by atoms with Crippen LogP contribution in [0.25, 0.3) is 0 Å². The summed E-state index contributed by atoms with van der Waals surface area (Å²) in [6.07, 6.45) is 0. The first-order valence-electron chi connectivity index (χ1n) is 9.31. The second-order valence-corrected chi connectivity index (χ2v) is 6.50. The molecule has 5 nitrogen and oxygen atoms in total. The lowest BCUT2D eigenvalue weighted by molar-refractivity contribution is -0.871. The molecule has 3 aromatic carbocycles. The van der Waals surface area contributed by atoms with E-state index in [4.69, 9.17) is 9.47 Å². The van der Waals surface area contributed by atoms with E-state index in [1.165, 1.54) is 0 Å². The fraction of sp³-hybridized carbons (Fsp3) is 0.174. The monoisotopic (exact) mass is 377 g/mol. The molecular formula is C23H25N2O3+. The van der Waals surface area contributed by atoms with E-state index >= 15 is 0 Å². The molecule has 1 unspecified atom stereocenters. The molecule has 0 radical (unpaired) electrons. The van der Waals surface area contributed by atoms with Gasteiger partial charge in [0.1, 0.15) is 24.7 Å². The molecule has 0 aliphatic heterocycles. The number of ether oxygens (including phenoxy) is 2. The molecular weight excluding hydrogens is 352 g/mol. The highest BCUT2D eigenvalue weighted by Gasteiger charge is 2.13. The van der Waals surface area contributed by atoms with Crippen LogP contribution in [0.1, 0.15) is 0 Å². The second kappa shape index (κ2) is 10.1. The highest BCUT2D eigenvalue weighted by Crippen LogP contribution is 2.28. The van der Waals surface area contributed by atoms with Crippen molar-refractivity contribution in [2.24, 2.45) is 0 Å². The molecule has 2 N–H and O–H groups in total. The number of carbonyl (C=O) groups is 1. The summed E-state index contributed by atoms with van der Waals surface area (Å²) >= 11 is 0. The first kappa shape index (κ1) is 19.5. The summed E-state index contributed by atoms with van der Waals surface area (Å²) in [6.45, 7) is 1.62. The van der Waals surface area contributed by atoms with Gasteiger partial charge in [-0.25, -0.2) is 0 Å². The Morgan fingerprint density at radius 2 is 1.46 bits per heavy atom. The third-order valence-corrected chi connectivity index (χ3v) is 4.14. The Kier molecular flexibility index (Phi) is 7.04. The van der Waals surface area contributed by atoms with Crippen molar-refractivity contribution >= 4 is 11.6 Å². The van der Waals surface area contributed by atoms with Crippen molar-refractivity contribution < 1.29 is 19.2 Å². The Balaban J connectivity index is 1.49. The van der Waals surface area contributed by atoms with E-state index in [-0.39, 0.29) is 5.91 Å². The Morgan fingerprint density at radius 1 is 0.857 bits per heavy atom. The molecule has 0 saturated carbocycles. The van der Waals surface area contributed by atoms with E-state index in [0.29, 0.717) is 24.6 Å². The molecule has 5 heteroatoms. The number of benzene rings is 3. The number of amides is 1. The standard InChI is InChI=1S/C23H24N2O3/c1-25(16-17-27-19-10-4-2-5-11-19)18-23(26)24-21-14-8-9-15-22(21)28-20-12-6-3-7-13-20/h2-15H,16-18H2,1H3,(H,24,26)/p+1. The second-order valence-electron chi connectivity index (χ2n) is 6.50. The summed E-state index contributed by atoms with van der Waals surface area (Å²) in [5.74, 6) is 2.12. The first-order valence-corrected chi connectivity index (χ1v) is 9.31. The lowest BCUT2D eigenvalue weighted by Gasteiger charge is -2.16. The van der Waals surface area contributed by atoms with Gasteiger partial charge in [-0.1, -0.05) is 48.5 Å². The van der Waals surface area contributed by atoms with Gasteiger partial charge in [0.15, 0.2) is 12.3 Å². The van der Waals surface area contributed by atoms with Gasteiger partial charge in [-0.05, 0) is 36.4 Å². The largest absolute Gasteiger partial charge is 0.488 e. The predicted molar refractivity (Wildman–Crippen MR) is 110 cm³/mol. The molecule has 0 fully saturated rings. The van der Waals surface area contributed by atoms with E-state index in [1.807, 2.05) is 92.0 Å². The molecule has 0 spiro atoms. The van der Waals surface area contributed by atoms with Gasteiger partial charge in [0.25, 0.3) is 5.91 Å². The highest BCUT2D eigenvalue weighted by atomic mass is 16.5. The van der Waals surface area contributed by atoms with Crippen molar-refractivity contribution in [2.75, 3.05) is 32.1 Å². The molecule has 0 heterocycles. The molecule has 144 valence electrons. The van der Waals surface area contributed by atoms with Gasteiger partial charge in [0.2, 0.25) is 0 Å². The summed E-state index contributed by atoms with van der Waals surface area (Å²) in [5, 5.41) is 2.94. The summed E-state index contributed by atoms with van der Waals surface area (Å²) in [4.78, 5) is 13.5. The lowest BCUT2D eigenvalue weighted by Crippen LogP contribution is -3.10. The zero-order chi connectivity index (χ0) is 19.6. The van der Waals surface area contributed by atoms with Crippen molar-refractivity contribution in [3.05, 3.63) is 84.9 Å². The number of carbonyl (C=O) groups excluding carboxylic acids is 1. The average molecular weight is 377 g/mol. The van der Waals surface area contributed by atoms with Crippen molar-refractivity contribution in [1.82, 2.24) is 0 Å². The molecule has 1 amide bonds. The van der Waals surface area contributed by atoms with Gasteiger partial charge in [0.05, 0.1) is 12.7 Å². The highest BCUT2D eigenvalue weighted by molar-refractivity contribution is 5.93. The molecule has 3 rings (SSSR count). The van der Waals surface area contributed by atoms with Crippen LogP contribution in [0.15, 0.2) is 84.9 Å². The van der Waals surface area contributed by atoms with E-state index in [0.717, 1.165) is 22.9 Å². The lowest BCUT2D eigenvalue weighted by atomic mass is 10.2. The third kappa shape index (κ3) is 6.14. The zero-order valence-electron chi connectivity index (χ0n) is 15.9. The van der Waals surface area contributed by atoms with Crippen molar-refractivity contribution in [2.45, 2.75) is 0 Å². The predicted octanol–water partition coefficient (Wildman–Crippen LogP) is 3.01. The van der Waals surface area contributed by atoms with Crippen LogP contribution in [0.4, 0.5) is 5.69 Å². The topological polar surface area (TPSA) is 52.0 Å². The van der Waals surface area contributed by atoms with Gasteiger partial charge in [-0.3, -0.25) is 4.79 Å². The Bertz CT molecular complexity index is 869. The number of quaternary nitrogens is 1. The molecule has 0 aliphatic carbocycles. The van der Waals surface area contributed by atoms with Crippen molar-refractivity contribution in [3.63, 3.8) is 0 Å². The van der Waals surface area contributed by atoms with Crippen LogP contribution in [0.3, 0.4) is 0 Å². The van der Waals surface area contributed by atoms with Crippen LogP contribution in [0, 0.1) is 0 Å². The summed E-state index contributed by atoms with van der Waals surface area (Å²) in [7, 11) is 1.97. The van der Waals surface area contributed by atoms with Gasteiger partial charge in [0, 0.05) is 0 Å². The van der Waals surface area contributed by atoms with Crippen LogP contribution in [0.2, 0.25) is 0 Å². The maximum Gasteiger partial charge on any atom is 0.279 e. The average Bonchev–Trinajstić information content (AvgIpc) is 2.71. The third-order valence-electron chi connectivity index (χ3n) is 4.14. The number of nitrogens with one attached hydrogen (secondary N) is 2. The molecule has 1 atom stereocenters. The van der Waals surface area contributed by atoms with Crippen LogP contribution in [-0.4, -0.2) is 32.7 Å². The minimum atomic E-state index is -0.0682. The Labute approximate surface area is 165 Å². The molecule has 0 saturated heterocycles. The van der Waals surface area contributed by atoms with Gasteiger partial charge in [-0.15, -0.1) is 0 Å². The fourth-order valence-electron chi connectivity index (χ4n) is 2.69. The SMILES string of the molecule is C[NH+](CCOc1ccccc1)CC(=O)Nc1ccccc1Oc1ccccc1. The number of hydrogen-bond acceptors (Lipinski definition) is 3. The Hall–Kier alpha value is -3.31. The van der Waals surface area contributed by atoms with E-state index in [2.05, 4.69) is 5.32 Å². The minimum Gasteiger partial charge on any atom is -0.488 e. The Morgan fingerprint density at radius 3 is 2.18 bits per heavy atom. The number of anilines is 1. The van der Waals surface area contributed by atoms with Crippen LogP contribution in [0.5, 0.6) is 17.2 Å². The van der Waals surface area contributed by atoms with Gasteiger partial charge >= 0.3 is 0 Å². The first-order chi connectivity index (χ1) is 13.7. The van der Waals surface area contributed by atoms with E-state index < -0.39 is 0 Å². The minimum absolute atomic E-state index is 0.0682. The number of rotatable bonds is 9. The smallest absolute Gasteiger partial charge is 0.279 e. The zero-order valence-corrected chi connectivity index (χ0v) is 15.9. The number of para-hydroxylation sites is 4. The quantitative estimate of drug-likeness (QED) is 0.603. The van der Waals surface area contributed by atoms with Crippen LogP contribution >= 0.6 is 0 Å². The maximum atomic E-state index is 12.4. The number of likely N-dealkylation sites (N-methyl/N-ethyl adjacent to an activating group) is 1. The van der Waals surface area contributed by atoms with Gasteiger partial charge < -0.3 is 19.7 Å². The summed E-state index contributed by atoms with van der Waals surface area (Å²) in [6, 6.07) is 26.6. The van der Waals surface area contributed by atoms with Crippen molar-refractivity contribution in [1.29, 1.82) is 0 Å². The van der Waals surface area contributed by atoms with Crippen LogP contribution < -0.4 is 19.7 Å². The maximum absolute atomic E-state index is 12.4. The summed E-state index contributed by atoms with van der Waals surface area (Å²) in [5.41, 5.74) is 0.657. The van der Waals surface area contributed by atoms with E-state index in [9.17, 15) is 4.79 Å².